The fourth-order valence-electron chi connectivity index (χ4n) is 5.29. The first-order valence-electron chi connectivity index (χ1n) is 13.6. The smallest absolute Gasteiger partial charge is 0.335 e. The molecule has 1 aromatic heterocycles. The van der Waals surface area contributed by atoms with Crippen molar-refractivity contribution in [2.75, 3.05) is 11.8 Å². The van der Waals surface area contributed by atoms with Gasteiger partial charge in [0, 0.05) is 22.7 Å². The minimum atomic E-state index is -1.10. The van der Waals surface area contributed by atoms with Gasteiger partial charge in [0.1, 0.15) is 5.75 Å². The Labute approximate surface area is 253 Å². The van der Waals surface area contributed by atoms with Crippen molar-refractivity contribution >= 4 is 29.7 Å². The summed E-state index contributed by atoms with van der Waals surface area (Å²) in [6.07, 6.45) is 6.15. The fourth-order valence-corrected chi connectivity index (χ4v) is 5.29. The molecule has 13 nitrogen and oxygen atoms in total. The number of allylic oxidation sites excluding steroid dienone is 1. The molecule has 0 unspecified atom stereocenters. The zero-order valence-corrected chi connectivity index (χ0v) is 23.9. The van der Waals surface area contributed by atoms with Gasteiger partial charge in [-0.05, 0) is 85.7 Å². The molecule has 0 saturated heterocycles. The Bertz CT molecular complexity index is 2240. The molecule has 0 saturated carbocycles. The Morgan fingerprint density at radius 2 is 1.64 bits per heavy atom. The van der Waals surface area contributed by atoms with E-state index in [-0.39, 0.29) is 33.3 Å². The molecule has 45 heavy (non-hydrogen) atoms. The largest absolute Gasteiger partial charge is 0.494 e. The van der Waals surface area contributed by atoms with Crippen LogP contribution in [0.5, 0.6) is 11.6 Å². The number of nitrogens with zero attached hydrogens (tertiary/aromatic N) is 3. The number of carbonyl (C=O) groups excluding carboxylic acids is 1. The topological polar surface area (TPSA) is 190 Å². The van der Waals surface area contributed by atoms with Crippen LogP contribution in [0.2, 0.25) is 0 Å². The van der Waals surface area contributed by atoms with Crippen molar-refractivity contribution in [1.29, 1.82) is 0 Å². The molecule has 0 aliphatic carbocycles. The molecule has 3 aliphatic heterocycles. The molecule has 226 valence electrons. The highest BCUT2D eigenvalue weighted by molar-refractivity contribution is 6.08. The van der Waals surface area contributed by atoms with Gasteiger partial charge >= 0.3 is 5.97 Å². The van der Waals surface area contributed by atoms with E-state index in [4.69, 9.17) is 14.9 Å². The lowest BCUT2D eigenvalue weighted by molar-refractivity contribution is 0.0696. The van der Waals surface area contributed by atoms with Crippen LogP contribution in [-0.2, 0) is 0 Å². The number of H-pyrrole nitrogens is 2. The number of aromatic nitrogens is 3. The Hall–Kier alpha value is -6.21. The molecule has 0 spiro atoms. The van der Waals surface area contributed by atoms with Crippen LogP contribution >= 0.6 is 0 Å². The number of aromatic carboxylic acids is 1. The number of carbonyl (C=O) groups is 2. The van der Waals surface area contributed by atoms with Gasteiger partial charge in [0.15, 0.2) is 18.2 Å². The molecule has 3 aromatic rings. The van der Waals surface area contributed by atoms with E-state index in [1.807, 2.05) is 0 Å². The summed E-state index contributed by atoms with van der Waals surface area (Å²) < 4.78 is 6.46. The molecule has 0 radical (unpaired) electrons. The third-order valence-corrected chi connectivity index (χ3v) is 7.58. The number of fused-ring (bicyclic) bond motifs is 2. The highest BCUT2D eigenvalue weighted by atomic mass is 16.6. The number of benzene rings is 2. The van der Waals surface area contributed by atoms with Gasteiger partial charge in [-0.25, -0.2) is 4.79 Å². The molecular weight excluding hydrogens is 582 g/mol. The maximum absolute atomic E-state index is 13.4. The minimum absolute atomic E-state index is 0.0541. The van der Waals surface area contributed by atoms with E-state index in [0.29, 0.717) is 45.1 Å². The maximum Gasteiger partial charge on any atom is 0.335 e. The zero-order valence-electron chi connectivity index (χ0n) is 23.9. The summed E-state index contributed by atoms with van der Waals surface area (Å²) in [4.78, 5) is 56.2. The van der Waals surface area contributed by atoms with Crippen LogP contribution in [0.15, 0.2) is 75.5 Å². The van der Waals surface area contributed by atoms with Crippen molar-refractivity contribution in [3.63, 3.8) is 0 Å². The molecule has 0 bridgehead atoms. The lowest BCUT2D eigenvalue weighted by Crippen LogP contribution is -2.38. The number of ether oxygens (including phenoxy) is 1. The Morgan fingerprint density at radius 1 is 0.956 bits per heavy atom. The number of hydrogen-bond acceptors (Lipinski definition) is 8. The lowest BCUT2D eigenvalue weighted by atomic mass is 10.0. The van der Waals surface area contributed by atoms with Crippen molar-refractivity contribution in [2.45, 2.75) is 13.8 Å². The van der Waals surface area contributed by atoms with Crippen molar-refractivity contribution in [1.82, 2.24) is 14.5 Å². The second-order valence-electron chi connectivity index (χ2n) is 10.2. The van der Waals surface area contributed by atoms with Crippen LogP contribution in [0.1, 0.15) is 37.4 Å². The first kappa shape index (κ1) is 28.9. The summed E-state index contributed by atoms with van der Waals surface area (Å²) in [5, 5.41) is 34.4. The zero-order chi connectivity index (χ0) is 32.0. The first-order chi connectivity index (χ1) is 21.6. The van der Waals surface area contributed by atoms with Gasteiger partial charge in [0.05, 0.1) is 28.1 Å². The summed E-state index contributed by atoms with van der Waals surface area (Å²) in [7, 11) is 0. The monoisotopic (exact) mass is 607 g/mol. The van der Waals surface area contributed by atoms with Gasteiger partial charge in [-0.3, -0.25) is 19.0 Å². The molecule has 6 rings (SSSR count). The van der Waals surface area contributed by atoms with Crippen LogP contribution in [0.3, 0.4) is 0 Å². The lowest BCUT2D eigenvalue weighted by Gasteiger charge is -2.12. The third-order valence-electron chi connectivity index (χ3n) is 7.58. The SMILES string of the molecule is Cc1c(C=C/C=c2/c(C)c3c([nH]c2=O)=NN(c2ccc(C(=O)O)cc2)C3=O)c(O)[nH]c2cn(-c3ccc(OCO)cc3)c(=O)c1-2. The number of anilines is 1. The van der Waals surface area contributed by atoms with E-state index in [9.17, 15) is 24.3 Å². The van der Waals surface area contributed by atoms with Crippen molar-refractivity contribution in [2.24, 2.45) is 5.10 Å². The molecule has 4 heterocycles. The molecule has 0 fully saturated rings. The second-order valence-corrected chi connectivity index (χ2v) is 10.2. The first-order valence-corrected chi connectivity index (χ1v) is 13.6. The van der Waals surface area contributed by atoms with Gasteiger partial charge < -0.3 is 30.0 Å². The summed E-state index contributed by atoms with van der Waals surface area (Å²) in [6, 6.07) is 12.2. The van der Waals surface area contributed by atoms with Crippen molar-refractivity contribution < 1.29 is 29.6 Å². The maximum atomic E-state index is 13.4. The number of carboxylic acid groups (broad SMARTS) is 1. The fraction of sp³-hybridized carbons (Fsp3) is 0.0938. The Morgan fingerprint density at radius 3 is 2.31 bits per heavy atom. The molecule has 2 aromatic carbocycles. The van der Waals surface area contributed by atoms with Crippen LogP contribution in [0.4, 0.5) is 5.69 Å². The van der Waals surface area contributed by atoms with E-state index in [1.54, 1.807) is 50.4 Å². The number of amides is 1. The molecular formula is C32H25N5O8. The molecule has 3 aliphatic rings. The van der Waals surface area contributed by atoms with Crippen LogP contribution < -0.4 is 31.6 Å². The molecule has 0 atom stereocenters. The van der Waals surface area contributed by atoms with Crippen molar-refractivity contribution in [3.8, 4) is 28.6 Å². The molecule has 5 N–H and O–H groups in total. The van der Waals surface area contributed by atoms with E-state index in [1.165, 1.54) is 41.0 Å². The average molecular weight is 608 g/mol. The van der Waals surface area contributed by atoms with E-state index < -0.39 is 24.2 Å². The predicted octanol–water partition coefficient (Wildman–Crippen LogP) is 2.00. The van der Waals surface area contributed by atoms with Crippen LogP contribution in [0.25, 0.3) is 29.1 Å². The highest BCUT2D eigenvalue weighted by Crippen LogP contribution is 2.31. The van der Waals surface area contributed by atoms with Crippen LogP contribution in [0, 0.1) is 13.8 Å². The van der Waals surface area contributed by atoms with E-state index >= 15 is 0 Å². The number of pyridine rings is 2. The second kappa shape index (κ2) is 11.1. The van der Waals surface area contributed by atoms with Crippen molar-refractivity contribution in [3.05, 3.63) is 120 Å². The molecule has 1 amide bonds. The number of aromatic amines is 2. The average Bonchev–Trinajstić information content (AvgIpc) is 3.52. The highest BCUT2D eigenvalue weighted by Gasteiger charge is 2.28. The number of rotatable bonds is 7. The van der Waals surface area contributed by atoms with Gasteiger partial charge in [0.25, 0.3) is 17.0 Å². The third kappa shape index (κ3) is 4.96. The summed E-state index contributed by atoms with van der Waals surface area (Å²) in [5.41, 5.74) is 2.42. The standard InChI is InChI=1S/C32H25N5O8/c1-16-22(28(39)33-24-14-36(30(41)25(16)24)19-10-12-21(13-11-19)45-15-38)4-3-5-23-17(2)26-27(34-29(23)40)35-37(31(26)42)20-8-6-18(7-9-20)32(43)44/h3-14,33,38-39H,15H2,1-2H3,(H,43,44)(H,34,35,40)/b4-3?,23-5-. The van der Waals surface area contributed by atoms with E-state index in [2.05, 4.69) is 15.1 Å². The number of aliphatic hydroxyl groups is 1. The van der Waals surface area contributed by atoms with E-state index in [0.717, 1.165) is 5.01 Å². The van der Waals surface area contributed by atoms with Gasteiger partial charge in [-0.2, -0.15) is 5.01 Å². The Kier molecular flexibility index (Phi) is 7.15. The quantitative estimate of drug-likeness (QED) is 0.174. The normalized spacial score (nSPS) is 13.1. The van der Waals surface area contributed by atoms with Gasteiger partial charge in [0.2, 0.25) is 0 Å². The number of carboxylic acids is 1. The summed E-state index contributed by atoms with van der Waals surface area (Å²) in [5.74, 6) is -1.34. The number of aromatic hydroxyl groups is 1. The minimum Gasteiger partial charge on any atom is -0.494 e. The number of hydrogen-bond donors (Lipinski definition) is 5. The number of nitrogens with one attached hydrogen (secondary N) is 2. The summed E-state index contributed by atoms with van der Waals surface area (Å²) in [6.45, 7) is 2.85. The Balaban J connectivity index is 1.34. The predicted molar refractivity (Wildman–Crippen MR) is 163 cm³/mol. The van der Waals surface area contributed by atoms with Gasteiger partial charge in [-0.1, -0.05) is 6.08 Å². The van der Waals surface area contributed by atoms with Crippen LogP contribution in [-0.4, -0.2) is 48.5 Å². The molecule has 13 heteroatoms. The number of aliphatic hydroxyl groups excluding tert-OH is 1. The summed E-state index contributed by atoms with van der Waals surface area (Å²) >= 11 is 0. The van der Waals surface area contributed by atoms with Gasteiger partial charge in [-0.15, -0.1) is 5.10 Å².